The van der Waals surface area contributed by atoms with E-state index in [0.717, 1.165) is 50.5 Å². The molecule has 0 radical (unpaired) electrons. The maximum Gasteiger partial charge on any atom is 0.246 e. The summed E-state index contributed by atoms with van der Waals surface area (Å²) in [5.41, 5.74) is -0.444. The van der Waals surface area contributed by atoms with Crippen molar-refractivity contribution in [1.82, 2.24) is 20.0 Å². The third-order valence-corrected chi connectivity index (χ3v) is 11.6. The van der Waals surface area contributed by atoms with Crippen molar-refractivity contribution in [3.8, 4) is 0 Å². The number of carbonyl (C=O) groups is 3. The van der Waals surface area contributed by atoms with Gasteiger partial charge >= 0.3 is 0 Å². The van der Waals surface area contributed by atoms with Crippen LogP contribution in [-0.4, -0.2) is 108 Å². The Bertz CT molecular complexity index is 1260. The summed E-state index contributed by atoms with van der Waals surface area (Å²) in [5.74, 6) is -1.08. The number of anilines is 1. The minimum absolute atomic E-state index is 0. The van der Waals surface area contributed by atoms with Gasteiger partial charge in [0.2, 0.25) is 17.7 Å². The molecule has 11 heteroatoms. The van der Waals surface area contributed by atoms with Crippen molar-refractivity contribution in [3.05, 3.63) is 36.4 Å². The van der Waals surface area contributed by atoms with Crippen molar-refractivity contribution in [2.24, 2.45) is 23.7 Å². The minimum atomic E-state index is -1.14. The Labute approximate surface area is 272 Å². The number of likely N-dealkylation sites (N-methyl/N-ethyl adjacent to an activating group) is 1. The topological polar surface area (TPSA) is 94.2 Å². The van der Waals surface area contributed by atoms with Gasteiger partial charge in [0.25, 0.3) is 0 Å². The van der Waals surface area contributed by atoms with Gasteiger partial charge < -0.3 is 25.2 Å². The molecule has 242 valence electrons. The number of nitrogens with one attached hydrogen (secondary N) is 2. The first-order chi connectivity index (χ1) is 20.8. The van der Waals surface area contributed by atoms with Crippen LogP contribution >= 0.6 is 24.2 Å². The van der Waals surface area contributed by atoms with Gasteiger partial charge in [0.15, 0.2) is 0 Å². The summed E-state index contributed by atoms with van der Waals surface area (Å²) in [4.78, 5) is 50.0. The molecule has 4 fully saturated rings. The van der Waals surface area contributed by atoms with E-state index in [2.05, 4.69) is 41.2 Å². The molecule has 8 unspecified atom stereocenters. The Hall–Kier alpha value is -2.11. The molecule has 9 nitrogen and oxygen atoms in total. The fraction of sp³-hybridized carbons (Fsp3) is 0.667. The monoisotopic (exact) mass is 645 g/mol. The highest BCUT2D eigenvalue weighted by Gasteiger charge is 2.72. The van der Waals surface area contributed by atoms with Gasteiger partial charge in [0.05, 0.1) is 17.9 Å². The number of halogens is 1. The van der Waals surface area contributed by atoms with Gasteiger partial charge in [-0.1, -0.05) is 51.8 Å². The number of fused-ring (bicyclic) bond motifs is 1. The molecule has 3 amide bonds. The summed E-state index contributed by atoms with van der Waals surface area (Å²) in [6.45, 7) is 12.7. The quantitative estimate of drug-likeness (QED) is 0.314. The molecule has 2 N–H and O–H groups in total. The van der Waals surface area contributed by atoms with E-state index in [1.165, 1.54) is 6.42 Å². The number of rotatable bonds is 9. The molecule has 6 rings (SSSR count). The maximum atomic E-state index is 14.4. The van der Waals surface area contributed by atoms with Crippen molar-refractivity contribution >= 4 is 47.6 Å². The van der Waals surface area contributed by atoms with Gasteiger partial charge in [-0.2, -0.15) is 0 Å². The van der Waals surface area contributed by atoms with Crippen LogP contribution in [0, 0.1) is 23.7 Å². The number of likely N-dealkylation sites (tertiary alicyclic amines) is 1. The van der Waals surface area contributed by atoms with Crippen LogP contribution in [0.5, 0.6) is 0 Å². The van der Waals surface area contributed by atoms with E-state index in [1.807, 2.05) is 42.7 Å². The second-order valence-electron chi connectivity index (χ2n) is 13.1. The summed E-state index contributed by atoms with van der Waals surface area (Å²) >= 11 is 1.61. The van der Waals surface area contributed by atoms with E-state index >= 15 is 0 Å². The first-order valence-electron chi connectivity index (χ1n) is 16.1. The fourth-order valence-electron chi connectivity index (χ4n) is 8.06. The Morgan fingerprint density at radius 2 is 1.82 bits per heavy atom. The number of carbonyl (C=O) groups excluding carboxylic acids is 3. The molecule has 8 atom stereocenters. The number of ether oxygens (including phenoxy) is 1. The van der Waals surface area contributed by atoms with Gasteiger partial charge in [0.1, 0.15) is 11.6 Å². The van der Waals surface area contributed by atoms with Crippen LogP contribution in [-0.2, 0) is 19.1 Å². The number of hydrogen-bond acceptors (Lipinski definition) is 7. The zero-order valence-corrected chi connectivity index (χ0v) is 28.0. The van der Waals surface area contributed by atoms with E-state index in [9.17, 15) is 14.4 Å². The second kappa shape index (κ2) is 13.7. The Balaban J connectivity index is 0.00000384. The van der Waals surface area contributed by atoms with Crippen LogP contribution in [0.4, 0.5) is 5.69 Å². The molecule has 0 aromatic heterocycles. The Morgan fingerprint density at radius 1 is 1.07 bits per heavy atom. The highest BCUT2D eigenvalue weighted by Crippen LogP contribution is 2.55. The molecule has 1 saturated carbocycles. The third-order valence-electron chi connectivity index (χ3n) is 10.9. The van der Waals surface area contributed by atoms with E-state index in [-0.39, 0.29) is 36.2 Å². The largest absolute Gasteiger partial charge is 0.359 e. The predicted molar refractivity (Wildman–Crippen MR) is 176 cm³/mol. The molecule has 1 aliphatic carbocycles. The lowest BCUT2D eigenvalue weighted by atomic mass is 9.73. The predicted octanol–water partition coefficient (Wildman–Crippen LogP) is 3.50. The lowest BCUT2D eigenvalue weighted by molar-refractivity contribution is -0.142. The molecule has 3 saturated heterocycles. The lowest BCUT2D eigenvalue weighted by Gasteiger charge is -2.39. The SMILES string of the molecule is CCN1CCN(CCN2C(=O)C3C(C(=O)Nc4cccc(SC)c4)C4C=CC3(O4)C2C(=O)NC2CCCC(C)C2C)CC1.Cl. The third kappa shape index (κ3) is 6.05. The number of hydrogen-bond donors (Lipinski definition) is 2. The standard InChI is InChI=1S/C33H47N5O4S.ClH/c1-5-36-14-16-37(17-15-36)18-19-38-29(31(40)35-25-11-6-8-21(2)22(25)3)33-13-12-26(42-33)27(28(33)32(38)41)30(39)34-23-9-7-10-24(20-23)43-4;/h7,9-10,12-13,20-22,25-29H,5-6,8,11,14-19H2,1-4H3,(H,34,39)(H,35,40);1H. The van der Waals surface area contributed by atoms with E-state index in [0.29, 0.717) is 30.6 Å². The Kier molecular flexibility index (Phi) is 10.4. The molecule has 5 aliphatic rings. The fourth-order valence-corrected chi connectivity index (χ4v) is 8.52. The minimum Gasteiger partial charge on any atom is -0.359 e. The van der Waals surface area contributed by atoms with Crippen LogP contribution in [0.2, 0.25) is 0 Å². The van der Waals surface area contributed by atoms with Gasteiger partial charge in [-0.3, -0.25) is 19.3 Å². The molecule has 4 aliphatic heterocycles. The van der Waals surface area contributed by atoms with Gasteiger partial charge in [-0.05, 0) is 49.3 Å². The number of benzene rings is 1. The van der Waals surface area contributed by atoms with E-state index in [1.54, 1.807) is 16.7 Å². The van der Waals surface area contributed by atoms with E-state index < -0.39 is 29.6 Å². The average Bonchev–Trinajstić information content (AvgIpc) is 3.66. The van der Waals surface area contributed by atoms with Crippen molar-refractivity contribution in [1.29, 1.82) is 0 Å². The van der Waals surface area contributed by atoms with Crippen LogP contribution in [0.1, 0.15) is 40.0 Å². The Morgan fingerprint density at radius 3 is 2.55 bits per heavy atom. The number of nitrogens with zero attached hydrogens (tertiary/aromatic N) is 3. The molecule has 2 bridgehead atoms. The second-order valence-corrected chi connectivity index (χ2v) is 14.0. The van der Waals surface area contributed by atoms with Crippen LogP contribution < -0.4 is 10.6 Å². The normalized spacial score (nSPS) is 35.0. The van der Waals surface area contributed by atoms with Crippen LogP contribution in [0.15, 0.2) is 41.3 Å². The summed E-state index contributed by atoms with van der Waals surface area (Å²) in [6, 6.07) is 6.97. The van der Waals surface area contributed by atoms with E-state index in [4.69, 9.17) is 4.74 Å². The molecule has 44 heavy (non-hydrogen) atoms. The summed E-state index contributed by atoms with van der Waals surface area (Å²) in [6.07, 6.45) is 8.46. The number of thioether (sulfide) groups is 1. The van der Waals surface area contributed by atoms with Crippen molar-refractivity contribution in [2.45, 2.75) is 68.7 Å². The smallest absolute Gasteiger partial charge is 0.246 e. The zero-order chi connectivity index (χ0) is 30.3. The van der Waals surface area contributed by atoms with Crippen molar-refractivity contribution in [3.63, 3.8) is 0 Å². The first kappa shape index (κ1) is 33.3. The zero-order valence-electron chi connectivity index (χ0n) is 26.4. The molecular formula is C33H48ClN5O4S. The van der Waals surface area contributed by atoms with Crippen molar-refractivity contribution < 1.29 is 19.1 Å². The van der Waals surface area contributed by atoms with Crippen LogP contribution in [0.3, 0.4) is 0 Å². The molecule has 1 spiro atoms. The van der Waals surface area contributed by atoms with Gasteiger partial charge in [0, 0.05) is 55.9 Å². The highest BCUT2D eigenvalue weighted by atomic mass is 35.5. The first-order valence-corrected chi connectivity index (χ1v) is 17.4. The summed E-state index contributed by atoms with van der Waals surface area (Å²) in [5, 5.41) is 6.41. The molecular weight excluding hydrogens is 598 g/mol. The lowest BCUT2D eigenvalue weighted by Crippen LogP contribution is -2.58. The van der Waals surface area contributed by atoms with Crippen LogP contribution in [0.25, 0.3) is 0 Å². The van der Waals surface area contributed by atoms with Gasteiger partial charge in [-0.25, -0.2) is 0 Å². The average molecular weight is 646 g/mol. The molecule has 1 aromatic carbocycles. The maximum absolute atomic E-state index is 14.4. The van der Waals surface area contributed by atoms with Crippen molar-refractivity contribution in [2.75, 3.05) is 57.4 Å². The number of amides is 3. The summed E-state index contributed by atoms with van der Waals surface area (Å²) in [7, 11) is 0. The van der Waals surface area contributed by atoms with Gasteiger partial charge in [-0.15, -0.1) is 24.2 Å². The highest BCUT2D eigenvalue weighted by molar-refractivity contribution is 7.98. The molecule has 1 aromatic rings. The molecule has 4 heterocycles. The summed E-state index contributed by atoms with van der Waals surface area (Å²) < 4.78 is 6.57. The number of piperazine rings is 1.